The maximum atomic E-state index is 2.58. The molecule has 0 N–H and O–H groups in total. The van der Waals surface area contributed by atoms with Gasteiger partial charge in [0, 0.05) is 27.3 Å². The van der Waals surface area contributed by atoms with Gasteiger partial charge in [0.05, 0.1) is 0 Å². The van der Waals surface area contributed by atoms with Crippen molar-refractivity contribution < 1.29 is 0 Å². The van der Waals surface area contributed by atoms with Gasteiger partial charge in [0.25, 0.3) is 0 Å². The Morgan fingerprint density at radius 3 is 0.286 bits per heavy atom. The summed E-state index contributed by atoms with van der Waals surface area (Å²) in [7, 11) is -7.21. The van der Waals surface area contributed by atoms with Crippen LogP contribution in [0.1, 0.15) is 0 Å². The monoisotopic (exact) mass is 1210 g/mol. The van der Waals surface area contributed by atoms with Gasteiger partial charge >= 0.3 is 336 Å². The van der Waals surface area contributed by atoms with E-state index in [1.54, 1.807) is 43.9 Å². The Labute approximate surface area is 359 Å². The van der Waals surface area contributed by atoms with E-state index in [-0.39, 0.29) is 27.3 Å². The van der Waals surface area contributed by atoms with Crippen LogP contribution in [0.2, 0.25) is 221 Å². The third-order valence-electron chi connectivity index (χ3n) is 7.02. The molecule has 0 atom stereocenters. The zero-order valence-corrected chi connectivity index (χ0v) is 59.7. The van der Waals surface area contributed by atoms with Crippen molar-refractivity contribution in [2.45, 2.75) is 221 Å². The molecule has 13 heteroatoms. The molecule has 0 heterocycles. The van der Waals surface area contributed by atoms with Gasteiger partial charge in [0.2, 0.25) is 0 Å². The van der Waals surface area contributed by atoms with Gasteiger partial charge in [-0.25, -0.2) is 0 Å². The van der Waals surface area contributed by atoms with Crippen molar-refractivity contribution in [1.29, 1.82) is 0 Å². The Kier molecular flexibility index (Phi) is 29.2. The van der Waals surface area contributed by atoms with Crippen LogP contribution in [0.3, 0.4) is 0 Å². The maximum absolute atomic E-state index is 2.58. The van der Waals surface area contributed by atoms with Crippen LogP contribution in [0.25, 0.3) is 0 Å². The zero-order valence-electron chi connectivity index (χ0n) is 39.9. The van der Waals surface area contributed by atoms with E-state index in [1.165, 1.54) is 0 Å². The van der Waals surface area contributed by atoms with Crippen molar-refractivity contribution >= 4 is 143 Å². The van der Waals surface area contributed by atoms with Crippen LogP contribution < -0.4 is 0 Å². The Bertz CT molecular complexity index is 630. The summed E-state index contributed by atoms with van der Waals surface area (Å²) >= 11 is -2.15. The molecular formula is C36H99Ge3Si9Tl. The van der Waals surface area contributed by atoms with Gasteiger partial charge in [-0.15, -0.1) is 0 Å². The molecule has 0 saturated carbocycles. The van der Waals surface area contributed by atoms with E-state index in [9.17, 15) is 0 Å². The fraction of sp³-hybridized carbons (Fsp3) is 1.00. The quantitative estimate of drug-likeness (QED) is 0.120. The third-order valence-corrected chi connectivity index (χ3v) is 109. The molecule has 0 aliphatic heterocycles. The minimum atomic E-state index is -0.801. The van der Waals surface area contributed by atoms with Crippen LogP contribution in [0.15, 0.2) is 0 Å². The van der Waals surface area contributed by atoms with E-state index in [1.807, 2.05) is 0 Å². The summed E-state index contributed by atoms with van der Waals surface area (Å²) in [6, 6.07) is 0. The molecule has 4 radical (unpaired) electrons. The molecule has 0 spiro atoms. The van der Waals surface area contributed by atoms with Crippen LogP contribution in [0, 0.1) is 0 Å². The fourth-order valence-corrected chi connectivity index (χ4v) is 132. The Morgan fingerprint density at radius 1 is 0.184 bits per heavy atom. The molecular weight excluding hydrogens is 1110 g/mol. The average Bonchev–Trinajstić information content (AvgIpc) is 2.55. The van der Waals surface area contributed by atoms with Crippen LogP contribution in [-0.2, 0) is 0 Å². The SMILES string of the molecule is C[Si](C)(C)[CH2][Ge]([CH2][Si](C)(C)C)[CH2][Si](C)(C)C.C[Si](C)(C)[CH2][Ge]([CH2][Si](C)(C)C)[CH2][Si](C)(C)C.C[Si](C)(C)[CH2][Ge]([CH2][Si](C)(C)C)[CH2][Si](C)(C)C.[Tl]. The Hall–Kier alpha value is 4.50. The van der Waals surface area contributed by atoms with Gasteiger partial charge in [-0.1, -0.05) is 0 Å². The van der Waals surface area contributed by atoms with Crippen LogP contribution >= 0.6 is 0 Å². The summed E-state index contributed by atoms with van der Waals surface area (Å²) in [6.45, 7) is 69.6. The van der Waals surface area contributed by atoms with Crippen LogP contribution in [0.4, 0.5) is 0 Å². The average molecular weight is 1210 g/mol. The second-order valence-corrected chi connectivity index (χ2v) is 106. The first-order valence-electron chi connectivity index (χ1n) is 19.9. The summed E-state index contributed by atoms with van der Waals surface area (Å²) in [6.07, 6.45) is 0. The fourth-order valence-electron chi connectivity index (χ4n) is 7.31. The van der Waals surface area contributed by atoms with Gasteiger partial charge < -0.3 is 0 Å². The largest absolute Gasteiger partial charge is 0 e. The second-order valence-electron chi connectivity index (χ2n) is 26.9. The summed E-state index contributed by atoms with van der Waals surface area (Å²) in [5.41, 5.74) is 0. The maximum Gasteiger partial charge on any atom is 0 e. The molecule has 0 aromatic carbocycles. The second kappa shape index (κ2) is 23.8. The molecule has 0 aromatic heterocycles. The molecule has 0 aromatic rings. The van der Waals surface area contributed by atoms with Crippen molar-refractivity contribution in [2.24, 2.45) is 0 Å². The van der Waals surface area contributed by atoms with Gasteiger partial charge in [-0.3, -0.25) is 0 Å². The van der Waals surface area contributed by atoms with Crippen LogP contribution in [0.5, 0.6) is 0 Å². The summed E-state index contributed by atoms with van der Waals surface area (Å²) in [5, 5.41) is 0. The summed E-state index contributed by atoms with van der Waals surface area (Å²) in [4.78, 5) is 15.5. The molecule has 0 fully saturated rings. The molecule has 0 rings (SSSR count). The van der Waals surface area contributed by atoms with E-state index in [2.05, 4.69) is 177 Å². The number of rotatable bonds is 18. The minimum Gasteiger partial charge on any atom is 0 e. The predicted molar refractivity (Wildman–Crippen MR) is 276 cm³/mol. The van der Waals surface area contributed by atoms with Crippen molar-refractivity contribution in [3.63, 3.8) is 0 Å². The van der Waals surface area contributed by atoms with E-state index in [4.69, 9.17) is 0 Å². The summed E-state index contributed by atoms with van der Waals surface area (Å²) in [5.74, 6) is 0. The van der Waals surface area contributed by atoms with Crippen molar-refractivity contribution in [1.82, 2.24) is 0 Å². The molecule has 49 heavy (non-hydrogen) atoms. The molecule has 0 nitrogen and oxygen atoms in total. The first-order chi connectivity index (χ1) is 20.4. The topological polar surface area (TPSA) is 0 Å². The molecule has 0 bridgehead atoms. The van der Waals surface area contributed by atoms with Crippen molar-refractivity contribution in [3.05, 3.63) is 0 Å². The minimum absolute atomic E-state index is 0. The summed E-state index contributed by atoms with van der Waals surface area (Å²) < 4.78 is 0. The standard InChI is InChI=1S/3C12H33GeSi3.Tl/c3*1-14(2,3)10-13(11-15(4,5)6)12-16(7,8)9;/h3*10-12H2,1-9H3;. The predicted octanol–water partition coefficient (Wildman–Crippen LogP) is 15.0. The molecule has 0 amide bonds. The normalized spacial score (nSPS) is 14.3. The zero-order chi connectivity index (χ0) is 39.6. The van der Waals surface area contributed by atoms with Gasteiger partial charge in [0.1, 0.15) is 0 Å². The van der Waals surface area contributed by atoms with E-state index in [0.29, 0.717) is 0 Å². The Balaban J connectivity index is -0.000000307. The van der Waals surface area contributed by atoms with E-state index in [0.717, 1.165) is 0 Å². The first kappa shape index (κ1) is 60.2. The van der Waals surface area contributed by atoms with E-state index >= 15 is 0 Å². The third kappa shape index (κ3) is 54.6. The van der Waals surface area contributed by atoms with Crippen molar-refractivity contribution in [2.75, 3.05) is 0 Å². The molecule has 0 aliphatic rings. The van der Waals surface area contributed by atoms with Gasteiger partial charge in [0.15, 0.2) is 0 Å². The molecule has 294 valence electrons. The molecule has 0 aliphatic carbocycles. The molecule has 0 saturated heterocycles. The molecule has 0 unspecified atom stereocenters. The number of hydrogen-bond acceptors (Lipinski definition) is 0. The Morgan fingerprint density at radius 2 is 0.245 bits per heavy atom. The smallest absolute Gasteiger partial charge is 0 e. The van der Waals surface area contributed by atoms with Crippen molar-refractivity contribution in [3.8, 4) is 0 Å². The first-order valence-corrected chi connectivity index (χ1v) is 66.6. The van der Waals surface area contributed by atoms with E-state index < -0.39 is 116 Å². The van der Waals surface area contributed by atoms with Gasteiger partial charge in [-0.2, -0.15) is 0 Å². The number of hydrogen-bond donors (Lipinski definition) is 0. The van der Waals surface area contributed by atoms with Crippen LogP contribution in [-0.4, -0.2) is 143 Å². The van der Waals surface area contributed by atoms with Gasteiger partial charge in [-0.05, 0) is 0 Å².